The molecule has 0 saturated heterocycles. The predicted octanol–water partition coefficient (Wildman–Crippen LogP) is 0.750. The second-order valence-corrected chi connectivity index (χ2v) is 5.22. The molecule has 0 radical (unpaired) electrons. The summed E-state index contributed by atoms with van der Waals surface area (Å²) in [5.74, 6) is 0. The maximum atomic E-state index is 11.9. The van der Waals surface area contributed by atoms with Crippen LogP contribution in [0.4, 0.5) is 5.69 Å². The Balaban J connectivity index is 2.21. The molecule has 0 aliphatic heterocycles. The molecule has 0 aliphatic carbocycles. The molecular weight excluding hydrogens is 298 g/mol. The van der Waals surface area contributed by atoms with Gasteiger partial charge in [0.2, 0.25) is 0 Å². The fourth-order valence-corrected chi connectivity index (χ4v) is 2.29. The lowest BCUT2D eigenvalue weighted by atomic mass is 10.3. The van der Waals surface area contributed by atoms with Crippen molar-refractivity contribution in [1.82, 2.24) is 9.97 Å². The van der Waals surface area contributed by atoms with Crippen LogP contribution in [0.5, 0.6) is 0 Å². The molecule has 0 spiro atoms. The van der Waals surface area contributed by atoms with Crippen molar-refractivity contribution in [3.63, 3.8) is 0 Å². The van der Waals surface area contributed by atoms with E-state index >= 15 is 0 Å². The van der Waals surface area contributed by atoms with E-state index < -0.39 is 27.0 Å². The molecular formula is C12H9N3O5S. The first-order valence-corrected chi connectivity index (χ1v) is 6.84. The van der Waals surface area contributed by atoms with Gasteiger partial charge in [-0.2, -0.15) is 0 Å². The minimum absolute atomic E-state index is 0.100. The van der Waals surface area contributed by atoms with Gasteiger partial charge in [-0.1, -0.05) is 0 Å². The Morgan fingerprint density at radius 2 is 1.86 bits per heavy atom. The standard InChI is InChI=1S/C12H9N3O5S/c16-11-8(7-13-12(17)14-11)5-6-21(20)10-3-1-9(2-4-10)15(18)19/h1-7H,(H2,13,14,16,17)/b6-5+. The number of benzene rings is 1. The zero-order valence-corrected chi connectivity index (χ0v) is 11.3. The van der Waals surface area contributed by atoms with Crippen molar-refractivity contribution in [2.45, 2.75) is 4.90 Å². The summed E-state index contributed by atoms with van der Waals surface area (Å²) in [7, 11) is -1.57. The zero-order chi connectivity index (χ0) is 15.4. The lowest BCUT2D eigenvalue weighted by Crippen LogP contribution is -2.22. The van der Waals surface area contributed by atoms with Crippen LogP contribution in [0.15, 0.2) is 50.4 Å². The van der Waals surface area contributed by atoms with E-state index in [4.69, 9.17) is 0 Å². The number of nitro groups is 1. The zero-order valence-electron chi connectivity index (χ0n) is 10.4. The van der Waals surface area contributed by atoms with Crippen molar-refractivity contribution in [3.8, 4) is 0 Å². The van der Waals surface area contributed by atoms with Crippen molar-refractivity contribution in [2.24, 2.45) is 0 Å². The maximum absolute atomic E-state index is 11.9. The molecule has 1 aromatic heterocycles. The molecule has 1 unspecified atom stereocenters. The van der Waals surface area contributed by atoms with Crippen LogP contribution in [0.3, 0.4) is 0 Å². The summed E-state index contributed by atoms with van der Waals surface area (Å²) < 4.78 is 11.9. The number of nitrogens with one attached hydrogen (secondary N) is 2. The van der Waals surface area contributed by atoms with Crippen molar-refractivity contribution >= 4 is 22.6 Å². The molecule has 1 aromatic carbocycles. The molecule has 0 bridgehead atoms. The van der Waals surface area contributed by atoms with E-state index in [9.17, 15) is 23.9 Å². The van der Waals surface area contributed by atoms with Crippen LogP contribution in [0, 0.1) is 10.1 Å². The average Bonchev–Trinajstić information content (AvgIpc) is 2.46. The third kappa shape index (κ3) is 3.60. The number of nitrogens with zero attached hydrogens (tertiary/aromatic N) is 1. The second-order valence-electron chi connectivity index (χ2n) is 3.88. The average molecular weight is 307 g/mol. The molecule has 21 heavy (non-hydrogen) atoms. The molecule has 108 valence electrons. The summed E-state index contributed by atoms with van der Waals surface area (Å²) in [6.07, 6.45) is 2.50. The fourth-order valence-electron chi connectivity index (χ4n) is 1.46. The first-order chi connectivity index (χ1) is 9.97. The highest BCUT2D eigenvalue weighted by atomic mass is 32.2. The number of non-ortho nitro benzene ring substituents is 1. The van der Waals surface area contributed by atoms with E-state index in [0.29, 0.717) is 4.90 Å². The normalized spacial score (nSPS) is 12.4. The minimum Gasteiger partial charge on any atom is -0.314 e. The van der Waals surface area contributed by atoms with Gasteiger partial charge in [-0.3, -0.25) is 19.9 Å². The molecule has 2 aromatic rings. The highest BCUT2D eigenvalue weighted by molar-refractivity contribution is 7.88. The Kier molecular flexibility index (Phi) is 4.24. The van der Waals surface area contributed by atoms with Gasteiger partial charge in [-0.05, 0) is 18.2 Å². The van der Waals surface area contributed by atoms with Gasteiger partial charge in [-0.25, -0.2) is 9.00 Å². The lowest BCUT2D eigenvalue weighted by Gasteiger charge is -1.96. The fraction of sp³-hybridized carbons (Fsp3) is 0. The third-order valence-corrected chi connectivity index (χ3v) is 3.62. The Morgan fingerprint density at radius 1 is 1.19 bits per heavy atom. The highest BCUT2D eigenvalue weighted by Crippen LogP contribution is 2.15. The number of hydrogen-bond donors (Lipinski definition) is 2. The van der Waals surface area contributed by atoms with Gasteiger partial charge < -0.3 is 4.98 Å². The molecule has 8 nitrogen and oxygen atoms in total. The van der Waals surface area contributed by atoms with Gasteiger partial charge in [0, 0.05) is 28.6 Å². The van der Waals surface area contributed by atoms with E-state index in [1.54, 1.807) is 0 Å². The van der Waals surface area contributed by atoms with Crippen LogP contribution in [0.25, 0.3) is 6.08 Å². The van der Waals surface area contributed by atoms with Gasteiger partial charge in [0.25, 0.3) is 11.2 Å². The number of H-pyrrole nitrogens is 2. The molecule has 0 fully saturated rings. The molecule has 9 heteroatoms. The van der Waals surface area contributed by atoms with Crippen LogP contribution in [-0.4, -0.2) is 19.1 Å². The quantitative estimate of drug-likeness (QED) is 0.636. The number of nitro benzene ring substituents is 1. The summed E-state index contributed by atoms with van der Waals surface area (Å²) in [5, 5.41) is 11.8. The first kappa shape index (κ1) is 14.6. The monoisotopic (exact) mass is 307 g/mol. The number of aromatic nitrogens is 2. The van der Waals surface area contributed by atoms with Gasteiger partial charge in [0.1, 0.15) is 0 Å². The molecule has 1 heterocycles. The van der Waals surface area contributed by atoms with Gasteiger partial charge >= 0.3 is 5.69 Å². The summed E-state index contributed by atoms with van der Waals surface area (Å²) >= 11 is 0. The Labute approximate surface area is 119 Å². The first-order valence-electron chi connectivity index (χ1n) is 5.62. The summed E-state index contributed by atoms with van der Waals surface area (Å²) in [6.45, 7) is 0. The van der Waals surface area contributed by atoms with Gasteiger partial charge in [-0.15, -0.1) is 0 Å². The van der Waals surface area contributed by atoms with E-state index in [1.807, 2.05) is 4.98 Å². The Morgan fingerprint density at radius 3 is 2.43 bits per heavy atom. The minimum atomic E-state index is -1.57. The third-order valence-electron chi connectivity index (χ3n) is 2.50. The Bertz CT molecular complexity index is 835. The summed E-state index contributed by atoms with van der Waals surface area (Å²) in [5.41, 5.74) is -1.19. The van der Waals surface area contributed by atoms with Crippen molar-refractivity contribution in [1.29, 1.82) is 0 Å². The molecule has 0 amide bonds. The van der Waals surface area contributed by atoms with Crippen LogP contribution in [0.2, 0.25) is 0 Å². The van der Waals surface area contributed by atoms with E-state index in [2.05, 4.69) is 4.98 Å². The summed E-state index contributed by atoms with van der Waals surface area (Å²) in [4.78, 5) is 36.9. The number of hydrogen-bond acceptors (Lipinski definition) is 5. The maximum Gasteiger partial charge on any atom is 0.325 e. The van der Waals surface area contributed by atoms with E-state index in [0.717, 1.165) is 0 Å². The van der Waals surface area contributed by atoms with Crippen molar-refractivity contribution in [2.75, 3.05) is 0 Å². The molecule has 2 N–H and O–H groups in total. The largest absolute Gasteiger partial charge is 0.325 e. The second kappa shape index (κ2) is 6.09. The van der Waals surface area contributed by atoms with Crippen LogP contribution >= 0.6 is 0 Å². The number of aromatic amines is 2. The smallest absolute Gasteiger partial charge is 0.314 e. The Hall–Kier alpha value is -2.81. The van der Waals surface area contributed by atoms with Crippen molar-refractivity contribution < 1.29 is 9.13 Å². The van der Waals surface area contributed by atoms with E-state index in [-0.39, 0.29) is 11.3 Å². The van der Waals surface area contributed by atoms with Crippen molar-refractivity contribution in [3.05, 3.63) is 72.4 Å². The predicted molar refractivity (Wildman–Crippen MR) is 76.2 cm³/mol. The highest BCUT2D eigenvalue weighted by Gasteiger charge is 2.06. The van der Waals surface area contributed by atoms with Crippen LogP contribution < -0.4 is 11.2 Å². The molecule has 2 rings (SSSR count). The molecule has 0 saturated carbocycles. The van der Waals surface area contributed by atoms with Gasteiger partial charge in [0.15, 0.2) is 0 Å². The molecule has 1 atom stereocenters. The lowest BCUT2D eigenvalue weighted by molar-refractivity contribution is -0.384. The van der Waals surface area contributed by atoms with Crippen LogP contribution in [-0.2, 0) is 10.8 Å². The van der Waals surface area contributed by atoms with E-state index in [1.165, 1.54) is 41.9 Å². The van der Waals surface area contributed by atoms with Crippen LogP contribution in [0.1, 0.15) is 5.56 Å². The SMILES string of the molecule is O=c1[nH]cc(/C=C/S(=O)c2ccc([N+](=O)[O-])cc2)c(=O)[nH]1. The topological polar surface area (TPSA) is 126 Å². The van der Waals surface area contributed by atoms with Gasteiger partial charge in [0.05, 0.1) is 21.3 Å². The summed E-state index contributed by atoms with van der Waals surface area (Å²) in [6, 6.07) is 5.23. The molecule has 0 aliphatic rings. The number of rotatable bonds is 4.